The standard InChI is InChI=1S/C12H13BrN2O/c1-12(2)7-10(16)14-11(15(12)14)8-3-5-9(13)6-4-8/h3-6,11H,7H2,1-2H3. The van der Waals surface area contributed by atoms with Gasteiger partial charge in [0.25, 0.3) is 0 Å². The fraction of sp³-hybridized carbons (Fsp3) is 0.417. The lowest BCUT2D eigenvalue weighted by molar-refractivity contribution is -0.125. The van der Waals surface area contributed by atoms with E-state index in [4.69, 9.17) is 0 Å². The van der Waals surface area contributed by atoms with E-state index >= 15 is 0 Å². The second-order valence-corrected chi connectivity index (χ2v) is 5.91. The first kappa shape index (κ1) is 10.3. The highest BCUT2D eigenvalue weighted by atomic mass is 79.9. The number of rotatable bonds is 1. The van der Waals surface area contributed by atoms with Gasteiger partial charge in [-0.15, -0.1) is 0 Å². The summed E-state index contributed by atoms with van der Waals surface area (Å²) in [6.45, 7) is 4.23. The quantitative estimate of drug-likeness (QED) is 0.739. The predicted molar refractivity (Wildman–Crippen MR) is 64.3 cm³/mol. The molecule has 2 aliphatic heterocycles. The average molecular weight is 281 g/mol. The molecule has 1 aromatic carbocycles. The van der Waals surface area contributed by atoms with E-state index < -0.39 is 0 Å². The smallest absolute Gasteiger partial charge is 0.240 e. The number of hydrogen-bond acceptors (Lipinski definition) is 2. The number of carbonyl (C=O) groups is 1. The summed E-state index contributed by atoms with van der Waals surface area (Å²) in [5, 5.41) is 4.03. The molecule has 4 heteroatoms. The molecule has 84 valence electrons. The van der Waals surface area contributed by atoms with E-state index in [9.17, 15) is 4.79 Å². The molecule has 2 saturated heterocycles. The maximum absolute atomic E-state index is 11.8. The molecule has 2 unspecified atom stereocenters. The number of carbonyl (C=O) groups excluding carboxylic acids is 1. The van der Waals surface area contributed by atoms with Crippen LogP contribution in [0.4, 0.5) is 0 Å². The van der Waals surface area contributed by atoms with Gasteiger partial charge in [0, 0.05) is 16.4 Å². The first-order valence-electron chi connectivity index (χ1n) is 5.37. The highest BCUT2D eigenvalue weighted by molar-refractivity contribution is 9.10. The molecule has 2 atom stereocenters. The lowest BCUT2D eigenvalue weighted by Crippen LogP contribution is -2.28. The van der Waals surface area contributed by atoms with Crippen molar-refractivity contribution in [2.75, 3.05) is 0 Å². The van der Waals surface area contributed by atoms with Gasteiger partial charge in [-0.3, -0.25) is 4.79 Å². The van der Waals surface area contributed by atoms with Gasteiger partial charge in [-0.25, -0.2) is 5.01 Å². The first-order chi connectivity index (χ1) is 7.50. The molecule has 1 aromatic rings. The number of fused-ring (bicyclic) bond motifs is 1. The zero-order valence-electron chi connectivity index (χ0n) is 9.27. The Labute approximate surface area is 103 Å². The maximum Gasteiger partial charge on any atom is 0.240 e. The molecule has 0 aromatic heterocycles. The summed E-state index contributed by atoms with van der Waals surface area (Å²) in [6, 6.07) is 8.17. The Balaban J connectivity index is 1.91. The van der Waals surface area contributed by atoms with Crippen LogP contribution in [0.15, 0.2) is 28.7 Å². The summed E-state index contributed by atoms with van der Waals surface area (Å²) in [4.78, 5) is 11.8. The monoisotopic (exact) mass is 280 g/mol. The minimum atomic E-state index is -0.0329. The Morgan fingerprint density at radius 1 is 1.31 bits per heavy atom. The molecular weight excluding hydrogens is 268 g/mol. The Bertz CT molecular complexity index is 455. The normalized spacial score (nSPS) is 30.4. The van der Waals surface area contributed by atoms with E-state index in [0.717, 1.165) is 4.47 Å². The molecule has 0 bridgehead atoms. The van der Waals surface area contributed by atoms with Crippen molar-refractivity contribution < 1.29 is 4.79 Å². The molecule has 2 aliphatic rings. The van der Waals surface area contributed by atoms with Crippen molar-refractivity contribution in [1.82, 2.24) is 10.0 Å². The first-order valence-corrected chi connectivity index (χ1v) is 6.17. The predicted octanol–water partition coefficient (Wildman–Crippen LogP) is 2.69. The molecule has 16 heavy (non-hydrogen) atoms. The van der Waals surface area contributed by atoms with Crippen molar-refractivity contribution in [3.05, 3.63) is 34.3 Å². The van der Waals surface area contributed by atoms with Gasteiger partial charge in [0.1, 0.15) is 6.17 Å². The Hall–Kier alpha value is -0.870. The van der Waals surface area contributed by atoms with Crippen LogP contribution in [0.2, 0.25) is 0 Å². The van der Waals surface area contributed by atoms with Gasteiger partial charge < -0.3 is 0 Å². The fourth-order valence-electron chi connectivity index (χ4n) is 2.50. The van der Waals surface area contributed by atoms with Crippen molar-refractivity contribution in [1.29, 1.82) is 0 Å². The lowest BCUT2D eigenvalue weighted by atomic mass is 10.00. The molecule has 0 aliphatic carbocycles. The summed E-state index contributed by atoms with van der Waals surface area (Å²) in [6.07, 6.45) is 0.782. The number of halogens is 1. The summed E-state index contributed by atoms with van der Waals surface area (Å²) in [5.74, 6) is 0.234. The highest BCUT2D eigenvalue weighted by Gasteiger charge is 2.62. The van der Waals surface area contributed by atoms with Gasteiger partial charge in [-0.1, -0.05) is 28.1 Å². The molecule has 3 rings (SSSR count). The summed E-state index contributed by atoms with van der Waals surface area (Å²) in [7, 11) is 0. The maximum atomic E-state index is 11.8. The Morgan fingerprint density at radius 3 is 2.44 bits per heavy atom. The molecule has 0 radical (unpaired) electrons. The van der Waals surface area contributed by atoms with Crippen LogP contribution in [0.3, 0.4) is 0 Å². The third kappa shape index (κ3) is 1.33. The average Bonchev–Trinajstić information content (AvgIpc) is 2.88. The Morgan fingerprint density at radius 2 is 1.94 bits per heavy atom. The van der Waals surface area contributed by atoms with Gasteiger partial charge in [-0.05, 0) is 31.5 Å². The Kier molecular flexibility index (Phi) is 1.98. The summed E-state index contributed by atoms with van der Waals surface area (Å²) in [5.41, 5.74) is 1.15. The van der Waals surface area contributed by atoms with Crippen LogP contribution in [0, 0.1) is 0 Å². The molecule has 3 nitrogen and oxygen atoms in total. The number of nitrogens with zero attached hydrogens (tertiary/aromatic N) is 2. The molecule has 2 fully saturated rings. The summed E-state index contributed by atoms with van der Waals surface area (Å²) < 4.78 is 1.07. The minimum absolute atomic E-state index is 0.0329. The second-order valence-electron chi connectivity index (χ2n) is 5.00. The topological polar surface area (TPSA) is 23.1 Å². The van der Waals surface area contributed by atoms with Crippen molar-refractivity contribution in [2.24, 2.45) is 0 Å². The van der Waals surface area contributed by atoms with E-state index in [-0.39, 0.29) is 17.6 Å². The van der Waals surface area contributed by atoms with Gasteiger partial charge >= 0.3 is 0 Å². The van der Waals surface area contributed by atoms with Crippen molar-refractivity contribution in [3.8, 4) is 0 Å². The third-order valence-corrected chi connectivity index (χ3v) is 3.80. The van der Waals surface area contributed by atoms with Gasteiger partial charge in [0.2, 0.25) is 5.91 Å². The van der Waals surface area contributed by atoms with Crippen molar-refractivity contribution in [2.45, 2.75) is 32.0 Å². The molecule has 0 N–H and O–H groups in total. The third-order valence-electron chi connectivity index (χ3n) is 3.27. The van der Waals surface area contributed by atoms with Crippen LogP contribution < -0.4 is 0 Å². The molecule has 2 heterocycles. The second kappa shape index (κ2) is 3.08. The van der Waals surface area contributed by atoms with Gasteiger partial charge in [0.15, 0.2) is 0 Å². The van der Waals surface area contributed by atoms with Gasteiger partial charge in [-0.2, -0.15) is 5.01 Å². The molecule has 0 spiro atoms. The van der Waals surface area contributed by atoms with E-state index in [0.29, 0.717) is 6.42 Å². The fourth-order valence-corrected chi connectivity index (χ4v) is 2.76. The zero-order valence-corrected chi connectivity index (χ0v) is 10.9. The number of amides is 1. The van der Waals surface area contributed by atoms with Crippen molar-refractivity contribution >= 4 is 21.8 Å². The van der Waals surface area contributed by atoms with E-state index in [1.165, 1.54) is 5.56 Å². The van der Waals surface area contributed by atoms with Crippen LogP contribution in [-0.4, -0.2) is 21.5 Å². The van der Waals surface area contributed by atoms with Crippen LogP contribution in [0.5, 0.6) is 0 Å². The van der Waals surface area contributed by atoms with Gasteiger partial charge in [0.05, 0.1) is 0 Å². The largest absolute Gasteiger partial charge is 0.273 e. The van der Waals surface area contributed by atoms with Crippen LogP contribution in [0.25, 0.3) is 0 Å². The summed E-state index contributed by atoms with van der Waals surface area (Å²) >= 11 is 3.42. The van der Waals surface area contributed by atoms with E-state index in [2.05, 4.69) is 46.9 Å². The lowest BCUT2D eigenvalue weighted by Gasteiger charge is -2.18. The van der Waals surface area contributed by atoms with E-state index in [1.807, 2.05) is 17.1 Å². The number of benzene rings is 1. The van der Waals surface area contributed by atoms with Crippen LogP contribution in [-0.2, 0) is 4.79 Å². The molecule has 0 saturated carbocycles. The van der Waals surface area contributed by atoms with E-state index in [1.54, 1.807) is 0 Å². The molecule has 1 amide bonds. The number of hydrazine groups is 1. The number of hydrogen-bond donors (Lipinski definition) is 0. The van der Waals surface area contributed by atoms with Crippen LogP contribution >= 0.6 is 15.9 Å². The highest BCUT2D eigenvalue weighted by Crippen LogP contribution is 2.53. The zero-order chi connectivity index (χ0) is 11.5. The molecular formula is C12H13BrN2O. The van der Waals surface area contributed by atoms with Crippen LogP contribution in [0.1, 0.15) is 32.0 Å². The minimum Gasteiger partial charge on any atom is -0.273 e. The SMILES string of the molecule is CC1(C)CC(=O)N2C(c3ccc(Br)cc3)N21. The van der Waals surface area contributed by atoms with Crippen molar-refractivity contribution in [3.63, 3.8) is 0 Å².